The molecule has 9 heteroatoms. The van der Waals surface area contributed by atoms with Crippen molar-refractivity contribution in [1.82, 2.24) is 15.1 Å². The number of amides is 2. The Hall–Kier alpha value is -4.24. The Kier molecular flexibility index (Phi) is 8.64. The molecule has 0 spiro atoms. The number of methoxy groups -OCH3 is 2. The van der Waals surface area contributed by atoms with E-state index in [1.165, 1.54) is 11.8 Å². The summed E-state index contributed by atoms with van der Waals surface area (Å²) >= 11 is 1.49. The van der Waals surface area contributed by atoms with Crippen molar-refractivity contribution < 1.29 is 19.1 Å². The van der Waals surface area contributed by atoms with Crippen LogP contribution in [0.2, 0.25) is 0 Å². The summed E-state index contributed by atoms with van der Waals surface area (Å²) < 4.78 is 13.2. The van der Waals surface area contributed by atoms with Crippen molar-refractivity contribution in [2.45, 2.75) is 25.5 Å². The number of thioether (sulfide) groups is 1. The third kappa shape index (κ3) is 5.81. The Labute approximate surface area is 244 Å². The molecule has 0 fully saturated rings. The number of nitrogens with one attached hydrogen (secondary N) is 1. The molecule has 4 aromatic rings. The van der Waals surface area contributed by atoms with Gasteiger partial charge in [0.25, 0.3) is 0 Å². The quantitative estimate of drug-likeness (QED) is 0.284. The van der Waals surface area contributed by atoms with Crippen LogP contribution < -0.4 is 19.7 Å². The molecule has 0 bridgehead atoms. The van der Waals surface area contributed by atoms with Gasteiger partial charge in [0.05, 0.1) is 36.6 Å². The van der Waals surface area contributed by atoms with Crippen molar-refractivity contribution in [3.05, 3.63) is 89.5 Å². The van der Waals surface area contributed by atoms with Crippen LogP contribution in [0, 0.1) is 6.92 Å². The lowest BCUT2D eigenvalue weighted by Crippen LogP contribution is -2.42. The van der Waals surface area contributed by atoms with Crippen LogP contribution in [-0.4, -0.2) is 54.7 Å². The molecule has 2 amide bonds. The first-order chi connectivity index (χ1) is 19.9. The lowest BCUT2D eigenvalue weighted by atomic mass is 9.98. The van der Waals surface area contributed by atoms with Gasteiger partial charge in [0.15, 0.2) is 0 Å². The molecule has 0 unspecified atom stereocenters. The molecular weight excluding hydrogens is 536 g/mol. The first kappa shape index (κ1) is 28.3. The van der Waals surface area contributed by atoms with Crippen LogP contribution in [-0.2, 0) is 9.59 Å². The number of nitrogens with zero attached hydrogens (tertiary/aromatic N) is 3. The standard InChI is InChI=1S/C32H34N4O4S/c1-5-17-33-27(37)19-35-28(38)20-41-31(25-18-24(39-3)15-16-26(25)40-4)29-30(22-9-7-6-8-10-22)34-36(32(29)35)23-13-11-21(2)12-14-23/h6-16,18,31H,5,17,19-20H2,1-4H3,(H,33,37)/t31-/m0/s1. The zero-order chi connectivity index (χ0) is 28.9. The number of rotatable bonds is 9. The van der Waals surface area contributed by atoms with Crippen LogP contribution in [0.3, 0.4) is 0 Å². The second kappa shape index (κ2) is 12.5. The number of hydrogen-bond donors (Lipinski definition) is 1. The minimum Gasteiger partial charge on any atom is -0.497 e. The van der Waals surface area contributed by atoms with Crippen LogP contribution in [0.25, 0.3) is 16.9 Å². The summed E-state index contributed by atoms with van der Waals surface area (Å²) in [4.78, 5) is 28.5. The summed E-state index contributed by atoms with van der Waals surface area (Å²) in [6.07, 6.45) is 0.804. The molecule has 1 aromatic heterocycles. The van der Waals surface area contributed by atoms with E-state index in [-0.39, 0.29) is 29.4 Å². The van der Waals surface area contributed by atoms with Crippen LogP contribution >= 0.6 is 11.8 Å². The molecule has 3 aromatic carbocycles. The van der Waals surface area contributed by atoms with E-state index in [9.17, 15) is 9.59 Å². The number of aryl methyl sites for hydroxylation is 1. The van der Waals surface area contributed by atoms with Gasteiger partial charge in [0, 0.05) is 23.2 Å². The number of ether oxygens (including phenoxy) is 2. The maximum absolute atomic E-state index is 13.9. The minimum atomic E-state index is -0.336. The second-order valence-electron chi connectivity index (χ2n) is 9.83. The second-order valence-corrected chi connectivity index (χ2v) is 10.9. The highest BCUT2D eigenvalue weighted by Gasteiger charge is 2.38. The Morgan fingerprint density at radius 3 is 2.49 bits per heavy atom. The van der Waals surface area contributed by atoms with E-state index in [0.29, 0.717) is 23.9 Å². The highest BCUT2D eigenvalue weighted by molar-refractivity contribution is 8.00. The van der Waals surface area contributed by atoms with Crippen molar-refractivity contribution in [3.8, 4) is 28.4 Å². The molecule has 0 saturated carbocycles. The summed E-state index contributed by atoms with van der Waals surface area (Å²) in [6, 6.07) is 23.6. The normalized spacial score (nSPS) is 14.8. The average molecular weight is 571 g/mol. The zero-order valence-electron chi connectivity index (χ0n) is 23.7. The third-order valence-corrected chi connectivity index (χ3v) is 8.24. The van der Waals surface area contributed by atoms with E-state index < -0.39 is 0 Å². The predicted octanol–water partition coefficient (Wildman–Crippen LogP) is 5.56. The number of fused-ring (bicyclic) bond motifs is 1. The van der Waals surface area contributed by atoms with Gasteiger partial charge in [0.1, 0.15) is 23.9 Å². The van der Waals surface area contributed by atoms with E-state index >= 15 is 0 Å². The van der Waals surface area contributed by atoms with Gasteiger partial charge in [0.2, 0.25) is 11.8 Å². The molecule has 212 valence electrons. The van der Waals surface area contributed by atoms with Crippen molar-refractivity contribution in [2.75, 3.05) is 38.0 Å². The SMILES string of the molecule is CCCNC(=O)CN1C(=O)CS[C@@H](c2cc(OC)ccc2OC)c2c(-c3ccccc3)nn(-c3ccc(C)cc3)c21. The summed E-state index contributed by atoms with van der Waals surface area (Å²) in [5.74, 6) is 1.72. The molecule has 5 rings (SSSR count). The van der Waals surface area contributed by atoms with Gasteiger partial charge in [-0.2, -0.15) is 5.10 Å². The fourth-order valence-electron chi connectivity index (χ4n) is 4.95. The van der Waals surface area contributed by atoms with Crippen molar-refractivity contribution in [1.29, 1.82) is 0 Å². The highest BCUT2D eigenvalue weighted by atomic mass is 32.2. The number of aromatic nitrogens is 2. The van der Waals surface area contributed by atoms with Gasteiger partial charge in [-0.3, -0.25) is 14.5 Å². The molecule has 8 nitrogen and oxygen atoms in total. The third-order valence-electron chi connectivity index (χ3n) is 7.01. The Morgan fingerprint density at radius 1 is 1.05 bits per heavy atom. The Balaban J connectivity index is 1.82. The number of hydrogen-bond acceptors (Lipinski definition) is 6. The fraction of sp³-hybridized carbons (Fsp3) is 0.281. The molecule has 1 aliphatic heterocycles. The van der Waals surface area contributed by atoms with Crippen LogP contribution in [0.15, 0.2) is 72.8 Å². The topological polar surface area (TPSA) is 85.7 Å². The summed E-state index contributed by atoms with van der Waals surface area (Å²) in [6.45, 7) is 4.45. The maximum atomic E-state index is 13.9. The molecular formula is C32H34N4O4S. The van der Waals surface area contributed by atoms with E-state index in [1.807, 2.05) is 86.6 Å². The number of carbonyl (C=O) groups is 2. The van der Waals surface area contributed by atoms with Crippen LogP contribution in [0.5, 0.6) is 11.5 Å². The smallest absolute Gasteiger partial charge is 0.240 e. The average Bonchev–Trinajstić information content (AvgIpc) is 3.33. The van der Waals surface area contributed by atoms with Gasteiger partial charge in [-0.05, 0) is 43.7 Å². The number of carbonyl (C=O) groups excluding carboxylic acids is 2. The Bertz CT molecular complexity index is 1540. The predicted molar refractivity (Wildman–Crippen MR) is 163 cm³/mol. The summed E-state index contributed by atoms with van der Waals surface area (Å²) in [7, 11) is 3.26. The molecule has 1 aliphatic rings. The van der Waals surface area contributed by atoms with Crippen LogP contribution in [0.4, 0.5) is 5.82 Å². The lowest BCUT2D eigenvalue weighted by molar-refractivity contribution is -0.122. The first-order valence-corrected chi connectivity index (χ1v) is 14.7. The first-order valence-electron chi connectivity index (χ1n) is 13.6. The monoisotopic (exact) mass is 570 g/mol. The summed E-state index contributed by atoms with van der Waals surface area (Å²) in [5.41, 5.74) is 5.25. The van der Waals surface area contributed by atoms with Crippen molar-refractivity contribution in [3.63, 3.8) is 0 Å². The minimum absolute atomic E-state index is 0.111. The molecule has 0 radical (unpaired) electrons. The maximum Gasteiger partial charge on any atom is 0.240 e. The van der Waals surface area contributed by atoms with Crippen molar-refractivity contribution >= 4 is 29.4 Å². The molecule has 41 heavy (non-hydrogen) atoms. The lowest BCUT2D eigenvalue weighted by Gasteiger charge is -2.23. The van der Waals surface area contributed by atoms with Crippen molar-refractivity contribution in [2.24, 2.45) is 0 Å². The fourth-order valence-corrected chi connectivity index (χ4v) is 6.16. The molecule has 0 aliphatic carbocycles. The molecule has 2 heterocycles. The van der Waals surface area contributed by atoms with E-state index in [2.05, 4.69) is 5.32 Å². The van der Waals surface area contributed by atoms with E-state index in [4.69, 9.17) is 14.6 Å². The molecule has 0 saturated heterocycles. The molecule has 1 N–H and O–H groups in total. The van der Waals surface area contributed by atoms with Gasteiger partial charge in [-0.1, -0.05) is 55.0 Å². The highest BCUT2D eigenvalue weighted by Crippen LogP contribution is 2.51. The molecule has 1 atom stereocenters. The Morgan fingerprint density at radius 2 is 1.80 bits per heavy atom. The number of benzene rings is 3. The van der Waals surface area contributed by atoms with Gasteiger partial charge < -0.3 is 14.8 Å². The van der Waals surface area contributed by atoms with Gasteiger partial charge in [-0.25, -0.2) is 4.68 Å². The van der Waals surface area contributed by atoms with E-state index in [0.717, 1.165) is 40.1 Å². The summed E-state index contributed by atoms with van der Waals surface area (Å²) in [5, 5.41) is 7.73. The van der Waals surface area contributed by atoms with E-state index in [1.54, 1.807) is 23.8 Å². The zero-order valence-corrected chi connectivity index (χ0v) is 24.5. The largest absolute Gasteiger partial charge is 0.497 e. The van der Waals surface area contributed by atoms with Crippen LogP contribution in [0.1, 0.15) is 35.3 Å². The van der Waals surface area contributed by atoms with Gasteiger partial charge >= 0.3 is 0 Å². The van der Waals surface area contributed by atoms with Gasteiger partial charge in [-0.15, -0.1) is 11.8 Å². The number of anilines is 1.